The summed E-state index contributed by atoms with van der Waals surface area (Å²) in [6.07, 6.45) is 4.40. The molecule has 1 unspecified atom stereocenters. The van der Waals surface area contributed by atoms with Crippen LogP contribution in [0.4, 0.5) is 0 Å². The average molecular weight is 399 g/mol. The predicted octanol–water partition coefficient (Wildman–Crippen LogP) is 3.65. The van der Waals surface area contributed by atoms with E-state index in [1.54, 1.807) is 16.1 Å². The van der Waals surface area contributed by atoms with Crippen molar-refractivity contribution in [3.8, 4) is 0 Å². The van der Waals surface area contributed by atoms with Gasteiger partial charge < -0.3 is 19.0 Å². The highest BCUT2D eigenvalue weighted by Crippen LogP contribution is 2.17. The lowest BCUT2D eigenvalue weighted by Crippen LogP contribution is -2.45. The smallest absolute Gasteiger partial charge is 0.254 e. The van der Waals surface area contributed by atoms with Crippen molar-refractivity contribution in [1.82, 2.24) is 9.80 Å². The summed E-state index contributed by atoms with van der Waals surface area (Å²) in [4.78, 5) is 29.7. The van der Waals surface area contributed by atoms with E-state index in [2.05, 4.69) is 0 Å². The summed E-state index contributed by atoms with van der Waals surface area (Å²) >= 11 is 0. The van der Waals surface area contributed by atoms with Crippen molar-refractivity contribution >= 4 is 11.8 Å². The van der Waals surface area contributed by atoms with E-state index in [0.717, 1.165) is 37.2 Å². The van der Waals surface area contributed by atoms with E-state index in [1.807, 2.05) is 50.2 Å². The summed E-state index contributed by atoms with van der Waals surface area (Å²) in [6, 6.07) is 11.2. The van der Waals surface area contributed by atoms with Crippen molar-refractivity contribution in [1.29, 1.82) is 0 Å². The SMILES string of the molecule is CCCN(CC(=O)N(Cc1ccco1)CC1CCCO1)C(=O)c1ccccc1C. The molecule has 0 radical (unpaired) electrons. The van der Waals surface area contributed by atoms with Gasteiger partial charge in [0.1, 0.15) is 12.3 Å². The predicted molar refractivity (Wildman–Crippen MR) is 110 cm³/mol. The highest BCUT2D eigenvalue weighted by atomic mass is 16.5. The maximum absolute atomic E-state index is 13.2. The molecule has 1 aliphatic heterocycles. The molecule has 2 aromatic rings. The second kappa shape index (κ2) is 10.3. The number of hydrogen-bond donors (Lipinski definition) is 0. The van der Waals surface area contributed by atoms with E-state index in [-0.39, 0.29) is 24.5 Å². The van der Waals surface area contributed by atoms with Crippen LogP contribution in [-0.2, 0) is 16.1 Å². The maximum atomic E-state index is 13.2. The topological polar surface area (TPSA) is 63.0 Å². The Hall–Kier alpha value is -2.60. The fourth-order valence-electron chi connectivity index (χ4n) is 3.65. The minimum atomic E-state index is -0.103. The van der Waals surface area contributed by atoms with Gasteiger partial charge in [-0.15, -0.1) is 0 Å². The molecule has 3 rings (SSSR count). The Morgan fingerprint density at radius 3 is 2.62 bits per heavy atom. The van der Waals surface area contributed by atoms with E-state index < -0.39 is 0 Å². The molecule has 0 saturated carbocycles. The second-order valence-electron chi connectivity index (χ2n) is 7.53. The first kappa shape index (κ1) is 21.1. The number of furan rings is 1. The normalized spacial score (nSPS) is 16.0. The highest BCUT2D eigenvalue weighted by molar-refractivity contribution is 5.97. The standard InChI is InChI=1S/C23H30N2O4/c1-3-12-24(23(27)21-11-5-4-8-18(21)2)17-22(26)25(15-19-9-6-13-28-19)16-20-10-7-14-29-20/h4-6,8-9,11,13,20H,3,7,10,12,14-17H2,1-2H3. The number of benzene rings is 1. The van der Waals surface area contributed by atoms with Crippen LogP contribution < -0.4 is 0 Å². The average Bonchev–Trinajstić information content (AvgIpc) is 3.41. The number of amides is 2. The highest BCUT2D eigenvalue weighted by Gasteiger charge is 2.26. The summed E-state index contributed by atoms with van der Waals surface area (Å²) in [7, 11) is 0. The van der Waals surface area contributed by atoms with Crippen LogP contribution in [0.2, 0.25) is 0 Å². The Morgan fingerprint density at radius 2 is 1.97 bits per heavy atom. The Labute approximate surface area is 172 Å². The first-order valence-electron chi connectivity index (χ1n) is 10.3. The first-order chi connectivity index (χ1) is 14.1. The largest absolute Gasteiger partial charge is 0.467 e. The van der Waals surface area contributed by atoms with Crippen molar-refractivity contribution in [3.63, 3.8) is 0 Å². The van der Waals surface area contributed by atoms with Crippen molar-refractivity contribution in [3.05, 3.63) is 59.5 Å². The number of aryl methyl sites for hydroxylation is 1. The lowest BCUT2D eigenvalue weighted by Gasteiger charge is -2.29. The van der Waals surface area contributed by atoms with Crippen molar-refractivity contribution in [2.75, 3.05) is 26.2 Å². The van der Waals surface area contributed by atoms with Gasteiger partial charge in [-0.1, -0.05) is 25.1 Å². The minimum Gasteiger partial charge on any atom is -0.467 e. The zero-order chi connectivity index (χ0) is 20.6. The Bertz CT molecular complexity index is 797. The third-order valence-corrected chi connectivity index (χ3v) is 5.21. The van der Waals surface area contributed by atoms with Crippen LogP contribution in [0.5, 0.6) is 0 Å². The van der Waals surface area contributed by atoms with Gasteiger partial charge in [-0.25, -0.2) is 0 Å². The van der Waals surface area contributed by atoms with Crippen LogP contribution in [0.25, 0.3) is 0 Å². The van der Waals surface area contributed by atoms with Crippen molar-refractivity contribution in [2.45, 2.75) is 45.8 Å². The van der Waals surface area contributed by atoms with E-state index >= 15 is 0 Å². The Kier molecular flexibility index (Phi) is 7.47. The van der Waals surface area contributed by atoms with Crippen LogP contribution in [0.3, 0.4) is 0 Å². The zero-order valence-corrected chi connectivity index (χ0v) is 17.3. The molecule has 1 fully saturated rings. The van der Waals surface area contributed by atoms with Gasteiger partial charge >= 0.3 is 0 Å². The van der Waals surface area contributed by atoms with Crippen molar-refractivity contribution < 1.29 is 18.7 Å². The van der Waals surface area contributed by atoms with Crippen LogP contribution in [-0.4, -0.2) is 54.0 Å². The third kappa shape index (κ3) is 5.70. The van der Waals surface area contributed by atoms with Crippen LogP contribution >= 0.6 is 0 Å². The molecule has 2 heterocycles. The summed E-state index contributed by atoms with van der Waals surface area (Å²) in [5.41, 5.74) is 1.56. The number of carbonyl (C=O) groups is 2. The number of rotatable bonds is 9. The molecule has 1 saturated heterocycles. The van der Waals surface area contributed by atoms with Crippen LogP contribution in [0.15, 0.2) is 47.1 Å². The minimum absolute atomic E-state index is 0.0422. The molecule has 1 aromatic carbocycles. The fourth-order valence-corrected chi connectivity index (χ4v) is 3.65. The molecule has 6 heteroatoms. The molecule has 2 amide bonds. The lowest BCUT2D eigenvalue weighted by atomic mass is 10.1. The number of ether oxygens (including phenoxy) is 1. The third-order valence-electron chi connectivity index (χ3n) is 5.21. The second-order valence-corrected chi connectivity index (χ2v) is 7.53. The van der Waals surface area contributed by atoms with Gasteiger partial charge in [-0.2, -0.15) is 0 Å². The molecular weight excluding hydrogens is 368 g/mol. The number of hydrogen-bond acceptors (Lipinski definition) is 4. The Balaban J connectivity index is 1.73. The molecule has 29 heavy (non-hydrogen) atoms. The monoisotopic (exact) mass is 398 g/mol. The first-order valence-corrected chi connectivity index (χ1v) is 10.3. The van der Waals surface area contributed by atoms with Gasteiger partial charge in [0.15, 0.2) is 0 Å². The van der Waals surface area contributed by atoms with E-state index in [0.29, 0.717) is 25.2 Å². The number of carbonyl (C=O) groups excluding carboxylic acids is 2. The summed E-state index contributed by atoms with van der Waals surface area (Å²) in [5, 5.41) is 0. The van der Waals surface area contributed by atoms with Crippen molar-refractivity contribution in [2.24, 2.45) is 0 Å². The molecule has 1 aromatic heterocycles. The molecule has 156 valence electrons. The molecule has 0 bridgehead atoms. The summed E-state index contributed by atoms with van der Waals surface area (Å²) < 4.78 is 11.2. The quantitative estimate of drug-likeness (QED) is 0.647. The molecular formula is C23H30N2O4. The molecule has 0 N–H and O–H groups in total. The van der Waals surface area contributed by atoms with Gasteiger partial charge in [-0.3, -0.25) is 9.59 Å². The molecule has 0 aliphatic carbocycles. The fraction of sp³-hybridized carbons (Fsp3) is 0.478. The summed E-state index contributed by atoms with van der Waals surface area (Å²) in [6.45, 7) is 6.14. The van der Waals surface area contributed by atoms with E-state index in [4.69, 9.17) is 9.15 Å². The molecule has 6 nitrogen and oxygen atoms in total. The summed E-state index contributed by atoms with van der Waals surface area (Å²) in [5.74, 6) is 0.532. The molecule has 1 atom stereocenters. The van der Waals surface area contributed by atoms with E-state index in [1.165, 1.54) is 0 Å². The van der Waals surface area contributed by atoms with Gasteiger partial charge in [0.25, 0.3) is 5.91 Å². The van der Waals surface area contributed by atoms with Gasteiger partial charge in [-0.05, 0) is 49.9 Å². The molecule has 0 spiro atoms. The molecule has 1 aliphatic rings. The maximum Gasteiger partial charge on any atom is 0.254 e. The van der Waals surface area contributed by atoms with Gasteiger partial charge in [0.05, 0.1) is 18.9 Å². The van der Waals surface area contributed by atoms with Gasteiger partial charge in [0, 0.05) is 25.3 Å². The Morgan fingerprint density at radius 1 is 1.14 bits per heavy atom. The van der Waals surface area contributed by atoms with Crippen LogP contribution in [0, 0.1) is 6.92 Å². The zero-order valence-electron chi connectivity index (χ0n) is 17.3. The van der Waals surface area contributed by atoms with Crippen LogP contribution in [0.1, 0.15) is 47.9 Å². The van der Waals surface area contributed by atoms with Gasteiger partial charge in [0.2, 0.25) is 5.91 Å². The van der Waals surface area contributed by atoms with E-state index in [9.17, 15) is 9.59 Å². The lowest BCUT2D eigenvalue weighted by molar-refractivity contribution is -0.134. The number of nitrogens with zero attached hydrogens (tertiary/aromatic N) is 2.